The number of nitrogens with zero attached hydrogens (tertiary/aromatic N) is 3. The van der Waals surface area contributed by atoms with Gasteiger partial charge in [0, 0.05) is 58.5 Å². The molecule has 6 heteroatoms. The zero-order valence-corrected chi connectivity index (χ0v) is 18.1. The molecule has 0 N–H and O–H groups in total. The zero-order valence-electron chi connectivity index (χ0n) is 17.2. The van der Waals surface area contributed by atoms with Crippen LogP contribution in [0, 0.1) is 5.82 Å². The molecule has 2 aromatic carbocycles. The molecule has 0 spiro atoms. The Hall–Kier alpha value is -2.57. The van der Waals surface area contributed by atoms with E-state index in [1.807, 2.05) is 29.6 Å². The third-order valence-electron chi connectivity index (χ3n) is 6.34. The van der Waals surface area contributed by atoms with Crippen LogP contribution in [-0.2, 0) is 13.0 Å². The standard InChI is InChI=1S/C24H24FN3OS/c1-3-27(4-2)12-13-28-18-8-5-15-16(7-10-20(15)29)21(18)22-19(28)9-6-17(23(22)25)24-26-11-14-30-24/h5-6,8-9,11,14H,3-4,7,10,12-13H2,1-2H3. The van der Waals surface area contributed by atoms with Crippen molar-refractivity contribution in [1.82, 2.24) is 14.5 Å². The first-order valence-corrected chi connectivity index (χ1v) is 11.4. The normalized spacial score (nSPS) is 13.8. The van der Waals surface area contributed by atoms with Gasteiger partial charge in [-0.25, -0.2) is 9.37 Å². The Labute approximate surface area is 178 Å². The van der Waals surface area contributed by atoms with Crippen LogP contribution in [0.2, 0.25) is 0 Å². The topological polar surface area (TPSA) is 38.1 Å². The van der Waals surface area contributed by atoms with E-state index in [4.69, 9.17) is 0 Å². The van der Waals surface area contributed by atoms with Gasteiger partial charge in [0.15, 0.2) is 5.78 Å². The molecule has 2 aromatic heterocycles. The van der Waals surface area contributed by atoms with Crippen LogP contribution >= 0.6 is 11.3 Å². The van der Waals surface area contributed by atoms with Crippen LogP contribution in [0.25, 0.3) is 32.4 Å². The van der Waals surface area contributed by atoms with E-state index in [9.17, 15) is 4.79 Å². The first-order valence-electron chi connectivity index (χ1n) is 10.6. The molecular weight excluding hydrogens is 397 g/mol. The maximum Gasteiger partial charge on any atom is 0.163 e. The van der Waals surface area contributed by atoms with Gasteiger partial charge in [0.25, 0.3) is 0 Å². The third kappa shape index (κ3) is 2.89. The van der Waals surface area contributed by atoms with E-state index in [2.05, 4.69) is 28.3 Å². The van der Waals surface area contributed by atoms with E-state index in [-0.39, 0.29) is 11.6 Å². The SMILES string of the molecule is CCN(CC)CCn1c2ccc(-c3nccs3)c(F)c2c2c3c(ccc21)C(=O)CC3. The lowest BCUT2D eigenvalue weighted by atomic mass is 10.0. The number of carbonyl (C=O) groups is 1. The number of ketones is 1. The van der Waals surface area contributed by atoms with Crippen molar-refractivity contribution in [2.24, 2.45) is 0 Å². The second-order valence-corrected chi connectivity index (χ2v) is 8.64. The van der Waals surface area contributed by atoms with E-state index < -0.39 is 0 Å². The molecule has 30 heavy (non-hydrogen) atoms. The van der Waals surface area contributed by atoms with Crippen molar-refractivity contribution in [3.63, 3.8) is 0 Å². The lowest BCUT2D eigenvalue weighted by Crippen LogP contribution is -2.26. The molecule has 1 aliphatic rings. The van der Waals surface area contributed by atoms with E-state index in [0.717, 1.165) is 53.7 Å². The Kier molecular flexibility index (Phi) is 4.91. The minimum absolute atomic E-state index is 0.160. The fourth-order valence-corrected chi connectivity index (χ4v) is 5.39. The summed E-state index contributed by atoms with van der Waals surface area (Å²) >= 11 is 1.44. The molecule has 0 amide bonds. The van der Waals surface area contributed by atoms with Crippen molar-refractivity contribution in [3.8, 4) is 10.6 Å². The highest BCUT2D eigenvalue weighted by atomic mass is 32.1. The number of likely N-dealkylation sites (N-methyl/N-ethyl adjacent to an activating group) is 1. The van der Waals surface area contributed by atoms with Crippen molar-refractivity contribution in [2.45, 2.75) is 33.2 Å². The second kappa shape index (κ2) is 7.60. The zero-order chi connectivity index (χ0) is 20.8. The molecule has 0 saturated heterocycles. The number of rotatable bonds is 6. The first kappa shape index (κ1) is 19.4. The number of aromatic nitrogens is 2. The molecule has 0 radical (unpaired) electrons. The minimum atomic E-state index is -0.234. The Balaban J connectivity index is 1.79. The number of hydrogen-bond donors (Lipinski definition) is 0. The predicted molar refractivity (Wildman–Crippen MR) is 121 cm³/mol. The molecule has 0 unspecified atom stereocenters. The highest BCUT2D eigenvalue weighted by molar-refractivity contribution is 7.13. The summed E-state index contributed by atoms with van der Waals surface area (Å²) in [5.74, 6) is -0.0748. The number of aryl methyl sites for hydroxylation is 1. The highest BCUT2D eigenvalue weighted by Gasteiger charge is 2.27. The van der Waals surface area contributed by atoms with Crippen LogP contribution in [0.3, 0.4) is 0 Å². The highest BCUT2D eigenvalue weighted by Crippen LogP contribution is 2.40. The molecule has 1 aliphatic carbocycles. The van der Waals surface area contributed by atoms with Crippen molar-refractivity contribution in [3.05, 3.63) is 52.8 Å². The summed E-state index contributed by atoms with van der Waals surface area (Å²) < 4.78 is 18.2. The van der Waals surface area contributed by atoms with Gasteiger partial charge in [0.1, 0.15) is 10.8 Å². The lowest BCUT2D eigenvalue weighted by molar-refractivity contribution is 0.0994. The number of fused-ring (bicyclic) bond motifs is 5. The Morgan fingerprint density at radius 3 is 2.50 bits per heavy atom. The molecule has 154 valence electrons. The summed E-state index contributed by atoms with van der Waals surface area (Å²) in [6, 6.07) is 7.79. The smallest absolute Gasteiger partial charge is 0.163 e. The van der Waals surface area contributed by atoms with E-state index in [1.165, 1.54) is 11.3 Å². The maximum atomic E-state index is 15.9. The van der Waals surface area contributed by atoms with Gasteiger partial charge in [-0.2, -0.15) is 0 Å². The summed E-state index contributed by atoms with van der Waals surface area (Å²) in [6.45, 7) is 7.98. The van der Waals surface area contributed by atoms with Gasteiger partial charge in [-0.1, -0.05) is 13.8 Å². The molecule has 0 aliphatic heterocycles. The van der Waals surface area contributed by atoms with E-state index in [1.54, 1.807) is 6.20 Å². The Bertz CT molecular complexity index is 1260. The van der Waals surface area contributed by atoms with Gasteiger partial charge in [-0.05, 0) is 49.3 Å². The van der Waals surface area contributed by atoms with Gasteiger partial charge in [0.05, 0.1) is 5.52 Å². The van der Waals surface area contributed by atoms with Crippen LogP contribution < -0.4 is 0 Å². The van der Waals surface area contributed by atoms with E-state index >= 15 is 4.39 Å². The largest absolute Gasteiger partial charge is 0.339 e. The molecule has 5 rings (SSSR count). The average molecular weight is 422 g/mol. The summed E-state index contributed by atoms with van der Waals surface area (Å²) in [4.78, 5) is 19.1. The molecule has 2 heterocycles. The molecule has 4 aromatic rings. The van der Waals surface area contributed by atoms with Gasteiger partial charge < -0.3 is 9.47 Å². The molecule has 0 fully saturated rings. The number of benzene rings is 2. The summed E-state index contributed by atoms with van der Waals surface area (Å²) in [5.41, 5.74) is 4.19. The summed E-state index contributed by atoms with van der Waals surface area (Å²) in [5, 5.41) is 4.08. The van der Waals surface area contributed by atoms with Crippen molar-refractivity contribution in [1.29, 1.82) is 0 Å². The molecule has 0 atom stereocenters. The Morgan fingerprint density at radius 1 is 1.07 bits per heavy atom. The van der Waals surface area contributed by atoms with Gasteiger partial charge in [-0.15, -0.1) is 11.3 Å². The van der Waals surface area contributed by atoms with Crippen LogP contribution in [0.5, 0.6) is 0 Å². The van der Waals surface area contributed by atoms with Crippen LogP contribution in [0.4, 0.5) is 4.39 Å². The van der Waals surface area contributed by atoms with Gasteiger partial charge in [0.2, 0.25) is 0 Å². The van der Waals surface area contributed by atoms with E-state index in [0.29, 0.717) is 28.8 Å². The quantitative estimate of drug-likeness (QED) is 0.411. The number of thiazole rings is 1. The Morgan fingerprint density at radius 2 is 1.80 bits per heavy atom. The molecule has 0 bridgehead atoms. The first-order chi connectivity index (χ1) is 14.6. The fourth-order valence-electron chi connectivity index (χ4n) is 4.74. The molecule has 4 nitrogen and oxygen atoms in total. The number of hydrogen-bond acceptors (Lipinski definition) is 4. The molecule has 0 saturated carbocycles. The maximum absolute atomic E-state index is 15.9. The number of halogens is 1. The fraction of sp³-hybridized carbons (Fsp3) is 0.333. The van der Waals surface area contributed by atoms with Crippen molar-refractivity contribution in [2.75, 3.05) is 19.6 Å². The van der Waals surface area contributed by atoms with Crippen molar-refractivity contribution < 1.29 is 9.18 Å². The van der Waals surface area contributed by atoms with Crippen LogP contribution in [0.1, 0.15) is 36.2 Å². The second-order valence-electron chi connectivity index (χ2n) is 7.75. The van der Waals surface area contributed by atoms with Gasteiger partial charge in [-0.3, -0.25) is 4.79 Å². The van der Waals surface area contributed by atoms with Gasteiger partial charge >= 0.3 is 0 Å². The van der Waals surface area contributed by atoms with Crippen LogP contribution in [-0.4, -0.2) is 39.9 Å². The van der Waals surface area contributed by atoms with Crippen molar-refractivity contribution >= 4 is 38.9 Å². The molecular formula is C24H24FN3OS. The summed E-state index contributed by atoms with van der Waals surface area (Å²) in [6.07, 6.45) is 2.89. The van der Waals surface area contributed by atoms with Crippen LogP contribution in [0.15, 0.2) is 35.8 Å². The lowest BCUT2D eigenvalue weighted by Gasteiger charge is -2.19. The number of carbonyl (C=O) groups excluding carboxylic acids is 1. The number of Topliss-reactive ketones (excluding diaryl/α,β-unsaturated/α-hetero) is 1. The monoisotopic (exact) mass is 421 g/mol. The minimum Gasteiger partial charge on any atom is -0.339 e. The average Bonchev–Trinajstić information content (AvgIpc) is 3.48. The third-order valence-corrected chi connectivity index (χ3v) is 7.15. The predicted octanol–water partition coefficient (Wildman–Crippen LogP) is 5.53. The summed E-state index contributed by atoms with van der Waals surface area (Å²) in [7, 11) is 0.